The summed E-state index contributed by atoms with van der Waals surface area (Å²) in [7, 11) is 1.78. The van der Waals surface area contributed by atoms with Gasteiger partial charge in [0.25, 0.3) is 0 Å². The van der Waals surface area contributed by atoms with Gasteiger partial charge in [-0.3, -0.25) is 4.79 Å². The van der Waals surface area contributed by atoms with E-state index in [1.807, 2.05) is 6.92 Å². The second kappa shape index (κ2) is 5.73. The van der Waals surface area contributed by atoms with Gasteiger partial charge < -0.3 is 20.7 Å². The molecule has 1 fully saturated rings. The van der Waals surface area contributed by atoms with E-state index < -0.39 is 0 Å². The van der Waals surface area contributed by atoms with E-state index in [1.54, 1.807) is 11.9 Å². The molecular weight excluding hydrogens is 246 g/mol. The first-order valence-electron chi connectivity index (χ1n) is 6.38. The molecule has 1 saturated heterocycles. The van der Waals surface area contributed by atoms with E-state index in [1.165, 1.54) is 6.33 Å². The van der Waals surface area contributed by atoms with Gasteiger partial charge in [-0.05, 0) is 12.8 Å². The Morgan fingerprint density at radius 2 is 2.37 bits per heavy atom. The Morgan fingerprint density at radius 3 is 3.00 bits per heavy atom. The summed E-state index contributed by atoms with van der Waals surface area (Å²) in [6.45, 7) is 3.29. The number of likely N-dealkylation sites (N-methyl/N-ethyl adjacent to an activating group) is 1. The summed E-state index contributed by atoms with van der Waals surface area (Å²) in [5.41, 5.74) is 6.29. The number of carbonyl (C=O) groups is 1. The lowest BCUT2D eigenvalue weighted by Crippen LogP contribution is -2.31. The minimum absolute atomic E-state index is 0.0500. The van der Waals surface area contributed by atoms with E-state index in [0.29, 0.717) is 24.0 Å². The lowest BCUT2D eigenvalue weighted by molar-refractivity contribution is -0.127. The lowest BCUT2D eigenvalue weighted by Gasteiger charge is -2.15. The van der Waals surface area contributed by atoms with Crippen LogP contribution in [0.1, 0.15) is 19.8 Å². The van der Waals surface area contributed by atoms with E-state index in [4.69, 9.17) is 10.5 Å². The minimum atomic E-state index is -0.277. The van der Waals surface area contributed by atoms with Crippen LogP contribution in [0, 0.1) is 0 Å². The van der Waals surface area contributed by atoms with Crippen molar-refractivity contribution in [2.45, 2.75) is 25.8 Å². The minimum Gasteiger partial charge on any atom is -0.476 e. The highest BCUT2D eigenvalue weighted by Crippen LogP contribution is 2.26. The number of nitrogens with two attached hydrogens (primary N) is 1. The van der Waals surface area contributed by atoms with Crippen LogP contribution in [0.4, 0.5) is 11.5 Å². The lowest BCUT2D eigenvalue weighted by atomic mass is 10.2. The molecule has 0 aromatic carbocycles. The van der Waals surface area contributed by atoms with Gasteiger partial charge >= 0.3 is 0 Å². The number of hydrogen-bond donors (Lipinski definition) is 2. The zero-order valence-electron chi connectivity index (χ0n) is 11.2. The maximum Gasteiger partial charge on any atom is 0.244 e. The molecule has 1 atom stereocenters. The molecule has 3 N–H and O–H groups in total. The topological polar surface area (TPSA) is 93.4 Å². The summed E-state index contributed by atoms with van der Waals surface area (Å²) in [6, 6.07) is -0.277. The van der Waals surface area contributed by atoms with Crippen molar-refractivity contribution in [1.82, 2.24) is 14.9 Å². The molecule has 1 amide bonds. The van der Waals surface area contributed by atoms with Crippen molar-refractivity contribution in [2.75, 3.05) is 31.2 Å². The standard InChI is InChI=1S/C12H19N5O2/c1-3-6-19-11-9(13)10(14-7-15-11)16-8-4-5-17(2)12(8)18/h7-8H,3-6,13H2,1-2H3,(H,14,15,16). The summed E-state index contributed by atoms with van der Waals surface area (Å²) in [5, 5.41) is 3.06. The van der Waals surface area contributed by atoms with Gasteiger partial charge in [0.2, 0.25) is 11.8 Å². The third kappa shape index (κ3) is 2.86. The second-order valence-electron chi connectivity index (χ2n) is 4.53. The fourth-order valence-corrected chi connectivity index (χ4v) is 1.93. The molecule has 1 aromatic heterocycles. The van der Waals surface area contributed by atoms with Crippen molar-refractivity contribution in [3.8, 4) is 5.88 Å². The SMILES string of the molecule is CCCOc1ncnc(NC2CCN(C)C2=O)c1N. The van der Waals surface area contributed by atoms with Crippen molar-refractivity contribution in [1.29, 1.82) is 0 Å². The first kappa shape index (κ1) is 13.4. The van der Waals surface area contributed by atoms with Crippen LogP contribution in [0.5, 0.6) is 5.88 Å². The van der Waals surface area contributed by atoms with Gasteiger partial charge in [-0.15, -0.1) is 0 Å². The van der Waals surface area contributed by atoms with Gasteiger partial charge in [0.1, 0.15) is 18.1 Å². The molecule has 7 nitrogen and oxygen atoms in total. The van der Waals surface area contributed by atoms with Crippen molar-refractivity contribution >= 4 is 17.4 Å². The molecule has 7 heteroatoms. The quantitative estimate of drug-likeness (QED) is 0.804. The van der Waals surface area contributed by atoms with E-state index in [0.717, 1.165) is 19.4 Å². The Bertz CT molecular complexity index is 465. The summed E-state index contributed by atoms with van der Waals surface area (Å²) >= 11 is 0. The normalized spacial score (nSPS) is 18.7. The van der Waals surface area contributed by atoms with Gasteiger partial charge in [0.05, 0.1) is 6.61 Å². The third-order valence-electron chi connectivity index (χ3n) is 3.03. The predicted octanol–water partition coefficient (Wildman–Crippen LogP) is 0.490. The smallest absolute Gasteiger partial charge is 0.244 e. The summed E-state index contributed by atoms with van der Waals surface area (Å²) in [6.07, 6.45) is 2.99. The molecule has 0 bridgehead atoms. The molecule has 1 aliphatic heterocycles. The van der Waals surface area contributed by atoms with Crippen LogP contribution in [0.2, 0.25) is 0 Å². The number of nitrogen functional groups attached to an aromatic ring is 1. The molecule has 2 heterocycles. The van der Waals surface area contributed by atoms with Gasteiger partial charge in [-0.25, -0.2) is 4.98 Å². The number of amides is 1. The van der Waals surface area contributed by atoms with Gasteiger partial charge in [0, 0.05) is 13.6 Å². The van der Waals surface area contributed by atoms with E-state index in [-0.39, 0.29) is 11.9 Å². The van der Waals surface area contributed by atoms with Crippen LogP contribution >= 0.6 is 0 Å². The number of nitrogens with zero attached hydrogens (tertiary/aromatic N) is 3. The number of rotatable bonds is 5. The van der Waals surface area contributed by atoms with Gasteiger partial charge in [0.15, 0.2) is 5.82 Å². The number of ether oxygens (including phenoxy) is 1. The highest BCUT2D eigenvalue weighted by Gasteiger charge is 2.29. The van der Waals surface area contributed by atoms with Gasteiger partial charge in [-0.1, -0.05) is 6.92 Å². The molecule has 1 aromatic rings. The maximum atomic E-state index is 11.8. The number of nitrogens with one attached hydrogen (secondary N) is 1. The number of likely N-dealkylation sites (tertiary alicyclic amines) is 1. The van der Waals surface area contributed by atoms with Crippen LogP contribution in [-0.4, -0.2) is 47.0 Å². The van der Waals surface area contributed by atoms with E-state index in [2.05, 4.69) is 15.3 Å². The van der Waals surface area contributed by atoms with Crippen molar-refractivity contribution in [3.63, 3.8) is 0 Å². The second-order valence-corrected chi connectivity index (χ2v) is 4.53. The Hall–Kier alpha value is -2.05. The summed E-state index contributed by atoms with van der Waals surface area (Å²) < 4.78 is 5.43. The summed E-state index contributed by atoms with van der Waals surface area (Å²) in [5.74, 6) is 0.863. The molecule has 0 saturated carbocycles. The monoisotopic (exact) mass is 265 g/mol. The number of carbonyl (C=O) groups excluding carboxylic acids is 1. The number of hydrogen-bond acceptors (Lipinski definition) is 6. The Balaban J connectivity index is 2.10. The average Bonchev–Trinajstić information content (AvgIpc) is 2.72. The van der Waals surface area contributed by atoms with Crippen molar-refractivity contribution in [3.05, 3.63) is 6.33 Å². The number of anilines is 2. The molecular formula is C12H19N5O2. The molecule has 1 aliphatic rings. The van der Waals surface area contributed by atoms with Crippen LogP contribution in [0.25, 0.3) is 0 Å². The summed E-state index contributed by atoms with van der Waals surface area (Å²) in [4.78, 5) is 21.6. The molecule has 2 rings (SSSR count). The highest BCUT2D eigenvalue weighted by molar-refractivity contribution is 5.87. The average molecular weight is 265 g/mol. The maximum absolute atomic E-state index is 11.8. The van der Waals surface area contributed by atoms with Crippen LogP contribution in [0.15, 0.2) is 6.33 Å². The van der Waals surface area contributed by atoms with Crippen LogP contribution in [-0.2, 0) is 4.79 Å². The Morgan fingerprint density at radius 1 is 1.58 bits per heavy atom. The largest absolute Gasteiger partial charge is 0.476 e. The molecule has 1 unspecified atom stereocenters. The molecule has 19 heavy (non-hydrogen) atoms. The van der Waals surface area contributed by atoms with Crippen molar-refractivity contribution < 1.29 is 9.53 Å². The highest BCUT2D eigenvalue weighted by atomic mass is 16.5. The third-order valence-corrected chi connectivity index (χ3v) is 3.03. The van der Waals surface area contributed by atoms with Crippen LogP contribution in [0.3, 0.4) is 0 Å². The first-order valence-corrected chi connectivity index (χ1v) is 6.38. The van der Waals surface area contributed by atoms with E-state index in [9.17, 15) is 4.79 Å². The molecule has 104 valence electrons. The zero-order chi connectivity index (χ0) is 13.8. The van der Waals surface area contributed by atoms with Gasteiger partial charge in [-0.2, -0.15) is 4.98 Å². The number of aromatic nitrogens is 2. The molecule has 0 aliphatic carbocycles. The predicted molar refractivity (Wildman–Crippen MR) is 71.9 cm³/mol. The molecule has 0 spiro atoms. The Labute approximate surface area is 112 Å². The van der Waals surface area contributed by atoms with Crippen molar-refractivity contribution in [2.24, 2.45) is 0 Å². The first-order chi connectivity index (χ1) is 9.13. The van der Waals surface area contributed by atoms with E-state index >= 15 is 0 Å². The fraction of sp³-hybridized carbons (Fsp3) is 0.583. The zero-order valence-corrected chi connectivity index (χ0v) is 11.2. The van der Waals surface area contributed by atoms with Crippen LogP contribution < -0.4 is 15.8 Å². The Kier molecular flexibility index (Phi) is 4.03. The molecule has 0 radical (unpaired) electrons. The fourth-order valence-electron chi connectivity index (χ4n) is 1.93.